The fourth-order valence-electron chi connectivity index (χ4n) is 1.85. The quantitative estimate of drug-likeness (QED) is 0.873. The van der Waals surface area contributed by atoms with E-state index >= 15 is 0 Å². The highest BCUT2D eigenvalue weighted by molar-refractivity contribution is 5.41. The van der Waals surface area contributed by atoms with Crippen molar-refractivity contribution in [2.75, 3.05) is 6.61 Å². The van der Waals surface area contributed by atoms with Crippen LogP contribution in [0.2, 0.25) is 0 Å². The highest BCUT2D eigenvalue weighted by Gasteiger charge is 2.05. The molecule has 2 aromatic rings. The minimum absolute atomic E-state index is 0.191. The zero-order valence-electron chi connectivity index (χ0n) is 10.2. The maximum atomic E-state index is 8.77. The van der Waals surface area contributed by atoms with E-state index in [1.54, 1.807) is 4.68 Å². The Balaban J connectivity index is 2.24. The smallest absolute Gasteiger partial charge is 0.0832 e. The first-order valence-electron chi connectivity index (χ1n) is 5.80. The lowest BCUT2D eigenvalue weighted by Crippen LogP contribution is -1.98. The summed E-state index contributed by atoms with van der Waals surface area (Å²) in [6, 6.07) is 6.25. The topological polar surface area (TPSA) is 50.9 Å². The number of aliphatic hydroxyl groups excluding tert-OH is 1. The third-order valence-electron chi connectivity index (χ3n) is 2.73. The van der Waals surface area contributed by atoms with Gasteiger partial charge in [0.25, 0.3) is 0 Å². The number of rotatable bonds is 4. The molecule has 4 nitrogen and oxygen atoms in total. The molecule has 90 valence electrons. The molecule has 0 aliphatic carbocycles. The van der Waals surface area contributed by atoms with Gasteiger partial charge in [0.2, 0.25) is 0 Å². The Morgan fingerprint density at radius 3 is 2.82 bits per heavy atom. The highest BCUT2D eigenvalue weighted by atomic mass is 16.2. The summed E-state index contributed by atoms with van der Waals surface area (Å²) in [6.45, 7) is 4.33. The van der Waals surface area contributed by atoms with Gasteiger partial charge >= 0.3 is 0 Å². The average Bonchev–Trinajstić information content (AvgIpc) is 2.75. The van der Waals surface area contributed by atoms with E-state index in [0.29, 0.717) is 0 Å². The predicted octanol–water partition coefficient (Wildman–Crippen LogP) is 1.81. The third-order valence-corrected chi connectivity index (χ3v) is 2.73. The van der Waals surface area contributed by atoms with E-state index in [9.17, 15) is 0 Å². The molecule has 17 heavy (non-hydrogen) atoms. The van der Waals surface area contributed by atoms with E-state index in [2.05, 4.69) is 42.4 Å². The van der Waals surface area contributed by atoms with E-state index in [0.717, 1.165) is 24.2 Å². The minimum atomic E-state index is 0.191. The number of aliphatic hydroxyl groups is 1. The maximum Gasteiger partial charge on any atom is 0.0832 e. The van der Waals surface area contributed by atoms with Crippen LogP contribution in [0, 0.1) is 13.8 Å². The first kappa shape index (κ1) is 11.8. The van der Waals surface area contributed by atoms with Crippen molar-refractivity contribution in [3.63, 3.8) is 0 Å². The first-order valence-corrected chi connectivity index (χ1v) is 5.80. The number of aromatic nitrogens is 3. The molecule has 1 aromatic heterocycles. The van der Waals surface area contributed by atoms with Crippen LogP contribution in [0.1, 0.15) is 23.2 Å². The van der Waals surface area contributed by atoms with Gasteiger partial charge in [-0.3, -0.25) is 0 Å². The van der Waals surface area contributed by atoms with Gasteiger partial charge in [0.05, 0.1) is 17.6 Å². The van der Waals surface area contributed by atoms with Gasteiger partial charge in [-0.15, -0.1) is 5.10 Å². The number of nitrogens with zero attached hydrogens (tertiary/aromatic N) is 3. The van der Waals surface area contributed by atoms with Crippen molar-refractivity contribution in [1.29, 1.82) is 0 Å². The monoisotopic (exact) mass is 231 g/mol. The third kappa shape index (κ3) is 2.71. The fraction of sp³-hybridized carbons (Fsp3) is 0.385. The lowest BCUT2D eigenvalue weighted by molar-refractivity contribution is 0.288. The molecule has 2 rings (SSSR count). The number of hydrogen-bond acceptors (Lipinski definition) is 3. The molecule has 0 spiro atoms. The van der Waals surface area contributed by atoms with E-state index in [1.165, 1.54) is 11.1 Å². The van der Waals surface area contributed by atoms with Crippen LogP contribution in [0.3, 0.4) is 0 Å². The predicted molar refractivity (Wildman–Crippen MR) is 66.2 cm³/mol. The van der Waals surface area contributed by atoms with Gasteiger partial charge in [-0.05, 0) is 38.3 Å². The molecule has 1 aromatic carbocycles. The molecule has 0 fully saturated rings. The van der Waals surface area contributed by atoms with Crippen LogP contribution in [0.4, 0.5) is 0 Å². The molecular weight excluding hydrogens is 214 g/mol. The molecule has 1 N–H and O–H groups in total. The van der Waals surface area contributed by atoms with Crippen LogP contribution in [-0.2, 0) is 6.42 Å². The molecule has 0 saturated heterocycles. The molecule has 1 heterocycles. The Hall–Kier alpha value is -1.68. The van der Waals surface area contributed by atoms with Gasteiger partial charge < -0.3 is 5.11 Å². The summed E-state index contributed by atoms with van der Waals surface area (Å²) >= 11 is 0. The van der Waals surface area contributed by atoms with Crippen molar-refractivity contribution in [1.82, 2.24) is 15.0 Å². The molecule has 0 aliphatic rings. The molecule has 4 heteroatoms. The minimum Gasteiger partial charge on any atom is -0.396 e. The van der Waals surface area contributed by atoms with Gasteiger partial charge in [-0.25, -0.2) is 4.68 Å². The molecule has 0 atom stereocenters. The zero-order valence-corrected chi connectivity index (χ0v) is 10.2. The van der Waals surface area contributed by atoms with Gasteiger partial charge in [-0.1, -0.05) is 22.9 Å². The Kier molecular flexibility index (Phi) is 3.54. The summed E-state index contributed by atoms with van der Waals surface area (Å²) in [5.74, 6) is 0. The normalized spacial score (nSPS) is 10.8. The Morgan fingerprint density at radius 1 is 1.29 bits per heavy atom. The molecule has 0 amide bonds. The average molecular weight is 231 g/mol. The molecule has 0 bridgehead atoms. The van der Waals surface area contributed by atoms with Gasteiger partial charge in [-0.2, -0.15) is 0 Å². The molecule has 0 unspecified atom stereocenters. The van der Waals surface area contributed by atoms with E-state index in [4.69, 9.17) is 5.11 Å². The lowest BCUT2D eigenvalue weighted by atomic mass is 10.1. The van der Waals surface area contributed by atoms with E-state index < -0.39 is 0 Å². The van der Waals surface area contributed by atoms with Crippen LogP contribution >= 0.6 is 0 Å². The van der Waals surface area contributed by atoms with Gasteiger partial charge in [0.1, 0.15) is 0 Å². The summed E-state index contributed by atoms with van der Waals surface area (Å²) in [4.78, 5) is 0. The molecule has 0 aliphatic heterocycles. The number of benzene rings is 1. The molecular formula is C13H17N3O. The number of aryl methyl sites for hydroxylation is 3. The second-order valence-corrected chi connectivity index (χ2v) is 4.27. The van der Waals surface area contributed by atoms with Crippen LogP contribution < -0.4 is 0 Å². The summed E-state index contributed by atoms with van der Waals surface area (Å²) in [6.07, 6.45) is 3.42. The largest absolute Gasteiger partial charge is 0.396 e. The lowest BCUT2D eigenvalue weighted by Gasteiger charge is -2.05. The van der Waals surface area contributed by atoms with Crippen LogP contribution in [0.15, 0.2) is 24.4 Å². The fourth-order valence-corrected chi connectivity index (χ4v) is 1.85. The zero-order chi connectivity index (χ0) is 12.3. The second kappa shape index (κ2) is 5.10. The first-order chi connectivity index (χ1) is 8.20. The van der Waals surface area contributed by atoms with Crippen molar-refractivity contribution < 1.29 is 5.11 Å². The Morgan fingerprint density at radius 2 is 2.12 bits per heavy atom. The second-order valence-electron chi connectivity index (χ2n) is 4.27. The van der Waals surface area contributed by atoms with E-state index in [1.807, 2.05) is 6.20 Å². The van der Waals surface area contributed by atoms with Crippen molar-refractivity contribution in [2.45, 2.75) is 26.7 Å². The summed E-state index contributed by atoms with van der Waals surface area (Å²) in [5, 5.41) is 17.0. The van der Waals surface area contributed by atoms with Crippen LogP contribution in [0.5, 0.6) is 0 Å². The van der Waals surface area contributed by atoms with Gasteiger partial charge in [0.15, 0.2) is 0 Å². The standard InChI is InChI=1S/C13H17N3O/c1-10-5-6-13(11(2)8-10)16-9-12(14-15-16)4-3-7-17/h5-6,8-9,17H,3-4,7H2,1-2H3. The Labute approximate surface area is 101 Å². The maximum absolute atomic E-state index is 8.77. The van der Waals surface area contributed by atoms with Gasteiger partial charge in [0, 0.05) is 6.61 Å². The van der Waals surface area contributed by atoms with Crippen molar-refractivity contribution in [2.24, 2.45) is 0 Å². The molecule has 0 radical (unpaired) electrons. The van der Waals surface area contributed by atoms with E-state index in [-0.39, 0.29) is 6.61 Å². The highest BCUT2D eigenvalue weighted by Crippen LogP contribution is 2.14. The summed E-state index contributed by atoms with van der Waals surface area (Å²) in [7, 11) is 0. The Bertz CT molecular complexity index is 505. The van der Waals surface area contributed by atoms with Crippen molar-refractivity contribution in [3.8, 4) is 5.69 Å². The van der Waals surface area contributed by atoms with Crippen molar-refractivity contribution >= 4 is 0 Å². The SMILES string of the molecule is Cc1ccc(-n2cc(CCCO)nn2)c(C)c1. The van der Waals surface area contributed by atoms with Crippen LogP contribution in [-0.4, -0.2) is 26.7 Å². The van der Waals surface area contributed by atoms with Crippen LogP contribution in [0.25, 0.3) is 5.69 Å². The molecule has 0 saturated carbocycles. The number of hydrogen-bond donors (Lipinski definition) is 1. The van der Waals surface area contributed by atoms with Crippen molar-refractivity contribution in [3.05, 3.63) is 41.2 Å². The summed E-state index contributed by atoms with van der Waals surface area (Å²) in [5.41, 5.74) is 4.40. The summed E-state index contributed by atoms with van der Waals surface area (Å²) < 4.78 is 1.79.